The number of aromatic nitrogens is 3. The predicted octanol–water partition coefficient (Wildman–Crippen LogP) is 1.14. The van der Waals surface area contributed by atoms with Gasteiger partial charge in [-0.25, -0.2) is 4.98 Å². The first-order valence-corrected chi connectivity index (χ1v) is 6.17. The molecule has 0 aliphatic carbocycles. The lowest BCUT2D eigenvalue weighted by molar-refractivity contribution is 0.0948. The number of nitrogens with zero attached hydrogens (tertiary/aromatic N) is 3. The van der Waals surface area contributed by atoms with Gasteiger partial charge in [-0.05, 0) is 18.6 Å². The van der Waals surface area contributed by atoms with Crippen molar-refractivity contribution in [3.63, 3.8) is 0 Å². The highest BCUT2D eigenvalue weighted by Gasteiger charge is 2.06. The summed E-state index contributed by atoms with van der Waals surface area (Å²) in [5, 5.41) is 5.83. The number of rotatable bonds is 6. The van der Waals surface area contributed by atoms with Gasteiger partial charge in [0.15, 0.2) is 0 Å². The second-order valence-electron chi connectivity index (χ2n) is 4.09. The van der Waals surface area contributed by atoms with Crippen LogP contribution in [0.15, 0.2) is 37.1 Å². The largest absolute Gasteiger partial charge is 0.388 e. The maximum absolute atomic E-state index is 11.9. The van der Waals surface area contributed by atoms with E-state index in [9.17, 15) is 4.79 Å². The molecule has 2 rings (SSSR count). The van der Waals surface area contributed by atoms with Crippen molar-refractivity contribution in [2.75, 3.05) is 18.9 Å². The number of hydrogen-bond acceptors (Lipinski definition) is 4. The van der Waals surface area contributed by atoms with E-state index in [2.05, 4.69) is 20.6 Å². The van der Waals surface area contributed by atoms with Crippen LogP contribution in [-0.2, 0) is 6.54 Å². The van der Waals surface area contributed by atoms with E-state index in [1.807, 2.05) is 23.9 Å². The highest BCUT2D eigenvalue weighted by Crippen LogP contribution is 2.06. The Morgan fingerprint density at radius 1 is 1.42 bits per heavy atom. The number of hydrogen-bond donors (Lipinski definition) is 2. The summed E-state index contributed by atoms with van der Waals surface area (Å²) in [7, 11) is 1.81. The third kappa shape index (κ3) is 3.80. The molecule has 2 aromatic rings. The van der Waals surface area contributed by atoms with Crippen molar-refractivity contribution < 1.29 is 4.79 Å². The predicted molar refractivity (Wildman–Crippen MR) is 73.0 cm³/mol. The molecule has 6 nitrogen and oxygen atoms in total. The molecular formula is C13H17N5O. The van der Waals surface area contributed by atoms with Gasteiger partial charge < -0.3 is 15.2 Å². The summed E-state index contributed by atoms with van der Waals surface area (Å²) < 4.78 is 1.98. The van der Waals surface area contributed by atoms with E-state index in [0.717, 1.165) is 18.7 Å². The molecule has 19 heavy (non-hydrogen) atoms. The zero-order valence-electron chi connectivity index (χ0n) is 10.8. The molecule has 0 radical (unpaired) electrons. The van der Waals surface area contributed by atoms with Crippen molar-refractivity contribution in [3.8, 4) is 0 Å². The summed E-state index contributed by atoms with van der Waals surface area (Å²) in [6, 6.07) is 3.54. The van der Waals surface area contributed by atoms with E-state index in [-0.39, 0.29) is 5.91 Å². The summed E-state index contributed by atoms with van der Waals surface area (Å²) in [5.41, 5.74) is 1.30. The first-order chi connectivity index (χ1) is 9.29. The number of carbonyl (C=O) groups is 1. The maximum atomic E-state index is 11.9. The number of anilines is 1. The first-order valence-electron chi connectivity index (χ1n) is 6.17. The molecule has 0 aliphatic rings. The molecule has 2 N–H and O–H groups in total. The quantitative estimate of drug-likeness (QED) is 0.763. The molecule has 0 saturated heterocycles. The lowest BCUT2D eigenvalue weighted by Crippen LogP contribution is -2.26. The fraction of sp³-hybridized carbons (Fsp3) is 0.308. The molecule has 0 spiro atoms. The number of imidazole rings is 1. The zero-order chi connectivity index (χ0) is 13.5. The second-order valence-corrected chi connectivity index (χ2v) is 4.09. The molecule has 0 aromatic carbocycles. The lowest BCUT2D eigenvalue weighted by Gasteiger charge is -2.06. The second kappa shape index (κ2) is 6.53. The van der Waals surface area contributed by atoms with Gasteiger partial charge in [0, 0.05) is 44.4 Å². The van der Waals surface area contributed by atoms with E-state index in [4.69, 9.17) is 0 Å². The Hall–Kier alpha value is -2.37. The monoisotopic (exact) mass is 259 g/mol. The van der Waals surface area contributed by atoms with Gasteiger partial charge in [-0.1, -0.05) is 0 Å². The molecule has 2 heterocycles. The number of carbonyl (C=O) groups excluding carboxylic acids is 1. The van der Waals surface area contributed by atoms with E-state index < -0.39 is 0 Å². The van der Waals surface area contributed by atoms with Crippen LogP contribution in [0.1, 0.15) is 16.9 Å². The fourth-order valence-corrected chi connectivity index (χ4v) is 1.68. The zero-order valence-corrected chi connectivity index (χ0v) is 10.8. The van der Waals surface area contributed by atoms with Crippen molar-refractivity contribution in [1.82, 2.24) is 19.9 Å². The average molecular weight is 259 g/mol. The summed E-state index contributed by atoms with van der Waals surface area (Å²) >= 11 is 0. The van der Waals surface area contributed by atoms with Gasteiger partial charge in [-0.15, -0.1) is 0 Å². The molecule has 0 bridgehead atoms. The average Bonchev–Trinajstić information content (AvgIpc) is 2.96. The lowest BCUT2D eigenvalue weighted by atomic mass is 10.3. The minimum absolute atomic E-state index is 0.150. The number of nitrogens with one attached hydrogen (secondary N) is 2. The van der Waals surface area contributed by atoms with E-state index >= 15 is 0 Å². The van der Waals surface area contributed by atoms with Crippen LogP contribution in [0.4, 0.5) is 5.69 Å². The fourth-order valence-electron chi connectivity index (χ4n) is 1.68. The van der Waals surface area contributed by atoms with Crippen molar-refractivity contribution in [2.45, 2.75) is 13.0 Å². The number of aryl methyl sites for hydroxylation is 1. The molecule has 1 amide bonds. The summed E-state index contributed by atoms with van der Waals surface area (Å²) in [6.07, 6.45) is 7.88. The van der Waals surface area contributed by atoms with Crippen molar-refractivity contribution >= 4 is 11.6 Å². The molecule has 2 aromatic heterocycles. The van der Waals surface area contributed by atoms with Gasteiger partial charge >= 0.3 is 0 Å². The topological polar surface area (TPSA) is 71.8 Å². The van der Waals surface area contributed by atoms with Crippen LogP contribution >= 0.6 is 0 Å². The normalized spacial score (nSPS) is 10.2. The minimum Gasteiger partial charge on any atom is -0.388 e. The Bertz CT molecular complexity index is 524. The maximum Gasteiger partial charge on any atom is 0.269 e. The molecule has 0 aliphatic heterocycles. The summed E-state index contributed by atoms with van der Waals surface area (Å²) in [4.78, 5) is 19.9. The van der Waals surface area contributed by atoms with Gasteiger partial charge in [-0.2, -0.15) is 0 Å². The Kier molecular flexibility index (Phi) is 4.49. The SMILES string of the molecule is CNc1ccnc(C(=O)NCCCn2ccnc2)c1. The van der Waals surface area contributed by atoms with Crippen molar-refractivity contribution in [2.24, 2.45) is 0 Å². The van der Waals surface area contributed by atoms with E-state index in [1.165, 1.54) is 0 Å². The third-order valence-electron chi connectivity index (χ3n) is 2.72. The van der Waals surface area contributed by atoms with Crippen LogP contribution in [-0.4, -0.2) is 34.0 Å². The standard InChI is InChI=1S/C13H17N5O/c1-14-11-3-5-16-12(9-11)13(19)17-4-2-7-18-8-6-15-10-18/h3,5-6,8-10H,2,4,7H2,1H3,(H,14,16)(H,17,19). The van der Waals surface area contributed by atoms with Crippen molar-refractivity contribution in [1.29, 1.82) is 0 Å². The molecule has 6 heteroatoms. The first kappa shape index (κ1) is 13.1. The highest BCUT2D eigenvalue weighted by molar-refractivity contribution is 5.93. The van der Waals surface area contributed by atoms with E-state index in [0.29, 0.717) is 12.2 Å². The summed E-state index contributed by atoms with van der Waals surface area (Å²) in [6.45, 7) is 1.45. The number of pyridine rings is 1. The molecule has 0 fully saturated rings. The van der Waals surface area contributed by atoms with Crippen LogP contribution in [0, 0.1) is 0 Å². The van der Waals surface area contributed by atoms with Crippen molar-refractivity contribution in [3.05, 3.63) is 42.7 Å². The Labute approximate surface area is 111 Å². The van der Waals surface area contributed by atoms with Crippen LogP contribution in [0.5, 0.6) is 0 Å². The molecule has 0 unspecified atom stereocenters. The van der Waals surface area contributed by atoms with Gasteiger partial charge in [0.2, 0.25) is 0 Å². The van der Waals surface area contributed by atoms with Gasteiger partial charge in [0.1, 0.15) is 5.69 Å². The van der Waals surface area contributed by atoms with Crippen LogP contribution in [0.25, 0.3) is 0 Å². The number of amides is 1. The van der Waals surface area contributed by atoms with Crippen LogP contribution < -0.4 is 10.6 Å². The molecule has 0 atom stereocenters. The van der Waals surface area contributed by atoms with Gasteiger partial charge in [-0.3, -0.25) is 9.78 Å². The smallest absolute Gasteiger partial charge is 0.269 e. The summed E-state index contributed by atoms with van der Waals surface area (Å²) in [5.74, 6) is -0.150. The third-order valence-corrected chi connectivity index (χ3v) is 2.72. The van der Waals surface area contributed by atoms with Crippen LogP contribution in [0.2, 0.25) is 0 Å². The molecular weight excluding hydrogens is 242 g/mol. The van der Waals surface area contributed by atoms with E-state index in [1.54, 1.807) is 24.8 Å². The minimum atomic E-state index is -0.150. The molecule has 100 valence electrons. The Balaban J connectivity index is 1.77. The Morgan fingerprint density at radius 3 is 3.05 bits per heavy atom. The highest BCUT2D eigenvalue weighted by atomic mass is 16.1. The Morgan fingerprint density at radius 2 is 2.32 bits per heavy atom. The van der Waals surface area contributed by atoms with Gasteiger partial charge in [0.05, 0.1) is 6.33 Å². The van der Waals surface area contributed by atoms with Gasteiger partial charge in [0.25, 0.3) is 5.91 Å². The van der Waals surface area contributed by atoms with Crippen LogP contribution in [0.3, 0.4) is 0 Å². The molecule has 0 saturated carbocycles.